The second kappa shape index (κ2) is 8.15. The van der Waals surface area contributed by atoms with Crippen LogP contribution in [0.5, 0.6) is 5.75 Å². The molecular weight excluding hydrogens is 304 g/mol. The molecule has 126 valence electrons. The Labute approximate surface area is 142 Å². The highest BCUT2D eigenvalue weighted by Crippen LogP contribution is 2.17. The summed E-state index contributed by atoms with van der Waals surface area (Å²) in [7, 11) is 0. The van der Waals surface area contributed by atoms with Crippen LogP contribution in [-0.4, -0.2) is 18.4 Å². The lowest BCUT2D eigenvalue weighted by molar-refractivity contribution is -0.119. The summed E-state index contributed by atoms with van der Waals surface area (Å²) in [4.78, 5) is 23.7. The molecule has 5 nitrogen and oxygen atoms in total. The van der Waals surface area contributed by atoms with Crippen LogP contribution in [0.1, 0.15) is 19.4 Å². The van der Waals surface area contributed by atoms with E-state index in [4.69, 9.17) is 4.74 Å². The van der Waals surface area contributed by atoms with Gasteiger partial charge in [0.05, 0.1) is 0 Å². The molecular formula is C19H22N2O3. The van der Waals surface area contributed by atoms with Crippen LogP contribution in [0.3, 0.4) is 0 Å². The fourth-order valence-electron chi connectivity index (χ4n) is 2.02. The lowest BCUT2D eigenvalue weighted by Crippen LogP contribution is -2.21. The largest absolute Gasteiger partial charge is 0.483 e. The maximum atomic E-state index is 12.0. The van der Waals surface area contributed by atoms with Crippen LogP contribution in [0.4, 0.5) is 11.4 Å². The number of hydrogen-bond acceptors (Lipinski definition) is 3. The lowest BCUT2D eigenvalue weighted by atomic mass is 10.2. The number of aryl methyl sites for hydroxylation is 1. The van der Waals surface area contributed by atoms with Gasteiger partial charge < -0.3 is 15.4 Å². The first kappa shape index (κ1) is 17.5. The average Bonchev–Trinajstić information content (AvgIpc) is 2.54. The topological polar surface area (TPSA) is 67.4 Å². The standard InChI is InChI=1S/C19H22N2O3/c1-13(2)19(23)21-16-9-6-8-15(11-16)20-18(22)12-24-17-10-5-4-7-14(17)3/h4-11,13H,12H2,1-3H3,(H,20,22)(H,21,23). The normalized spacial score (nSPS) is 10.3. The van der Waals surface area contributed by atoms with Gasteiger partial charge in [0, 0.05) is 17.3 Å². The quantitative estimate of drug-likeness (QED) is 0.852. The van der Waals surface area contributed by atoms with E-state index >= 15 is 0 Å². The van der Waals surface area contributed by atoms with Gasteiger partial charge in [-0.1, -0.05) is 38.1 Å². The van der Waals surface area contributed by atoms with Gasteiger partial charge in [-0.15, -0.1) is 0 Å². The molecule has 0 aliphatic carbocycles. The number of amides is 2. The summed E-state index contributed by atoms with van der Waals surface area (Å²) in [5.41, 5.74) is 2.23. The number of benzene rings is 2. The van der Waals surface area contributed by atoms with E-state index in [1.165, 1.54) is 0 Å². The molecule has 2 aromatic rings. The molecule has 2 rings (SSSR count). The molecule has 0 atom stereocenters. The zero-order valence-electron chi connectivity index (χ0n) is 14.1. The van der Waals surface area contributed by atoms with Gasteiger partial charge in [-0.3, -0.25) is 9.59 Å². The molecule has 0 heterocycles. The first-order chi connectivity index (χ1) is 11.5. The number of carbonyl (C=O) groups excluding carboxylic acids is 2. The van der Waals surface area contributed by atoms with Gasteiger partial charge >= 0.3 is 0 Å². The van der Waals surface area contributed by atoms with Gasteiger partial charge in [0.2, 0.25) is 5.91 Å². The van der Waals surface area contributed by atoms with Crippen molar-refractivity contribution in [3.05, 3.63) is 54.1 Å². The fourth-order valence-corrected chi connectivity index (χ4v) is 2.02. The molecule has 5 heteroatoms. The zero-order chi connectivity index (χ0) is 17.5. The zero-order valence-corrected chi connectivity index (χ0v) is 14.1. The predicted octanol–water partition coefficient (Wildman–Crippen LogP) is 3.61. The van der Waals surface area contributed by atoms with Crippen molar-refractivity contribution in [1.29, 1.82) is 0 Å². The Kier molecular flexibility index (Phi) is 5.95. The second-order valence-corrected chi connectivity index (χ2v) is 5.83. The highest BCUT2D eigenvalue weighted by Gasteiger charge is 2.09. The number of para-hydroxylation sites is 1. The first-order valence-electron chi connectivity index (χ1n) is 7.85. The second-order valence-electron chi connectivity index (χ2n) is 5.83. The molecule has 0 saturated heterocycles. The van der Waals surface area contributed by atoms with E-state index in [1.54, 1.807) is 24.3 Å². The minimum absolute atomic E-state index is 0.0682. The molecule has 2 aromatic carbocycles. The van der Waals surface area contributed by atoms with E-state index in [9.17, 15) is 9.59 Å². The molecule has 0 spiro atoms. The Balaban J connectivity index is 1.92. The van der Waals surface area contributed by atoms with Crippen molar-refractivity contribution in [2.75, 3.05) is 17.2 Å². The van der Waals surface area contributed by atoms with Crippen molar-refractivity contribution >= 4 is 23.2 Å². The Hall–Kier alpha value is -2.82. The third kappa shape index (κ3) is 5.12. The maximum absolute atomic E-state index is 12.0. The number of ether oxygens (including phenoxy) is 1. The Morgan fingerprint density at radius 3 is 2.33 bits per heavy atom. The van der Waals surface area contributed by atoms with Crippen LogP contribution in [0, 0.1) is 12.8 Å². The van der Waals surface area contributed by atoms with Crippen LogP contribution in [0.25, 0.3) is 0 Å². The van der Waals surface area contributed by atoms with Crippen molar-refractivity contribution in [2.45, 2.75) is 20.8 Å². The van der Waals surface area contributed by atoms with Gasteiger partial charge in [0.25, 0.3) is 5.91 Å². The van der Waals surface area contributed by atoms with E-state index < -0.39 is 0 Å². The monoisotopic (exact) mass is 326 g/mol. The predicted molar refractivity (Wildman–Crippen MR) is 95.2 cm³/mol. The molecule has 24 heavy (non-hydrogen) atoms. The molecule has 2 N–H and O–H groups in total. The smallest absolute Gasteiger partial charge is 0.262 e. The minimum atomic E-state index is -0.259. The van der Waals surface area contributed by atoms with Gasteiger partial charge in [-0.25, -0.2) is 0 Å². The SMILES string of the molecule is Cc1ccccc1OCC(=O)Nc1cccc(NC(=O)C(C)C)c1. The molecule has 0 bridgehead atoms. The maximum Gasteiger partial charge on any atom is 0.262 e. The minimum Gasteiger partial charge on any atom is -0.483 e. The average molecular weight is 326 g/mol. The van der Waals surface area contributed by atoms with Gasteiger partial charge in [-0.05, 0) is 36.8 Å². The van der Waals surface area contributed by atoms with E-state index in [0.29, 0.717) is 17.1 Å². The third-order valence-electron chi connectivity index (χ3n) is 3.39. The number of nitrogens with one attached hydrogen (secondary N) is 2. The van der Waals surface area contributed by atoms with Gasteiger partial charge in [-0.2, -0.15) is 0 Å². The van der Waals surface area contributed by atoms with Crippen molar-refractivity contribution in [3.63, 3.8) is 0 Å². The van der Waals surface area contributed by atoms with E-state index in [-0.39, 0.29) is 24.3 Å². The summed E-state index contributed by atoms with van der Waals surface area (Å²) in [5.74, 6) is 0.253. The van der Waals surface area contributed by atoms with E-state index in [1.807, 2.05) is 45.0 Å². The summed E-state index contributed by atoms with van der Waals surface area (Å²) < 4.78 is 5.52. The summed E-state index contributed by atoms with van der Waals surface area (Å²) in [6.07, 6.45) is 0. The summed E-state index contributed by atoms with van der Waals surface area (Å²) >= 11 is 0. The number of rotatable bonds is 6. The Morgan fingerprint density at radius 2 is 1.67 bits per heavy atom. The van der Waals surface area contributed by atoms with Crippen molar-refractivity contribution in [1.82, 2.24) is 0 Å². The molecule has 0 aromatic heterocycles. The van der Waals surface area contributed by atoms with Crippen molar-refractivity contribution in [3.8, 4) is 5.75 Å². The number of carbonyl (C=O) groups is 2. The van der Waals surface area contributed by atoms with Crippen LogP contribution < -0.4 is 15.4 Å². The third-order valence-corrected chi connectivity index (χ3v) is 3.39. The van der Waals surface area contributed by atoms with Crippen molar-refractivity contribution < 1.29 is 14.3 Å². The molecule has 0 aliphatic heterocycles. The highest BCUT2D eigenvalue weighted by atomic mass is 16.5. The summed E-state index contributed by atoms with van der Waals surface area (Å²) in [6, 6.07) is 14.6. The molecule has 0 radical (unpaired) electrons. The number of hydrogen-bond donors (Lipinski definition) is 2. The molecule has 0 saturated carbocycles. The molecule has 0 fully saturated rings. The van der Waals surface area contributed by atoms with Crippen LogP contribution in [0.15, 0.2) is 48.5 Å². The summed E-state index contributed by atoms with van der Waals surface area (Å²) in [6.45, 7) is 5.50. The van der Waals surface area contributed by atoms with Gasteiger partial charge in [0.1, 0.15) is 5.75 Å². The molecule has 0 aliphatic rings. The summed E-state index contributed by atoms with van der Waals surface area (Å²) in [5, 5.41) is 5.56. The van der Waals surface area contributed by atoms with Crippen LogP contribution in [-0.2, 0) is 9.59 Å². The Bertz CT molecular complexity index is 726. The first-order valence-corrected chi connectivity index (χ1v) is 7.85. The van der Waals surface area contributed by atoms with E-state index in [2.05, 4.69) is 10.6 Å². The molecule has 2 amide bonds. The highest BCUT2D eigenvalue weighted by molar-refractivity contribution is 5.95. The lowest BCUT2D eigenvalue weighted by Gasteiger charge is -2.11. The van der Waals surface area contributed by atoms with Crippen LogP contribution in [0.2, 0.25) is 0 Å². The number of anilines is 2. The Morgan fingerprint density at radius 1 is 1.00 bits per heavy atom. The van der Waals surface area contributed by atoms with E-state index in [0.717, 1.165) is 5.56 Å². The van der Waals surface area contributed by atoms with Crippen LogP contribution >= 0.6 is 0 Å². The molecule has 0 unspecified atom stereocenters. The fraction of sp³-hybridized carbons (Fsp3) is 0.263. The van der Waals surface area contributed by atoms with Gasteiger partial charge in [0.15, 0.2) is 6.61 Å². The van der Waals surface area contributed by atoms with Crippen molar-refractivity contribution in [2.24, 2.45) is 5.92 Å².